The molecule has 7 aromatic carbocycles. The SMILES string of the molecule is C=C/C(=C\C=C(C)C)N1c2cc(N(c3ccccc3)c3ccc4c(c3)oc3ccccc34)cc3c2B(c2cc4c(cc2N3c2ccc3c(c2)C(C)(C)CCC3(C)C)C(C)(C)CCC4(C)C)c2oc3cc4c(cc3c21)C(C)(C)CCC4(C)C. The van der Waals surface area contributed by atoms with E-state index in [1.165, 1.54) is 61.3 Å². The Morgan fingerprint density at radius 2 is 1.04 bits per heavy atom. The van der Waals surface area contributed by atoms with Gasteiger partial charge >= 0.3 is 0 Å². The predicted molar refractivity (Wildman–Crippen MR) is 350 cm³/mol. The van der Waals surface area contributed by atoms with E-state index in [9.17, 15) is 0 Å². The van der Waals surface area contributed by atoms with Crippen LogP contribution in [0.25, 0.3) is 32.9 Å². The van der Waals surface area contributed by atoms with Crippen molar-refractivity contribution >= 4 is 102 Å². The van der Waals surface area contributed by atoms with Crippen molar-refractivity contribution < 1.29 is 8.83 Å². The average Bonchev–Trinajstić information content (AvgIpc) is 2.50. The van der Waals surface area contributed by atoms with Crippen molar-refractivity contribution in [2.75, 3.05) is 14.7 Å². The van der Waals surface area contributed by atoms with Crippen LogP contribution in [-0.4, -0.2) is 6.71 Å². The largest absolute Gasteiger partial charge is 0.468 e. The Kier molecular flexibility index (Phi) is 11.4. The number of benzene rings is 7. The number of nitrogens with zero attached hydrogens (tertiary/aromatic N) is 3. The highest BCUT2D eigenvalue weighted by Gasteiger charge is 2.51. The van der Waals surface area contributed by atoms with E-state index < -0.39 is 0 Å². The lowest BCUT2D eigenvalue weighted by molar-refractivity contribution is 0.332. The molecule has 14 rings (SSSR count). The first-order valence-corrected chi connectivity index (χ1v) is 30.4. The number of furan rings is 2. The second kappa shape index (κ2) is 17.8. The first-order valence-electron chi connectivity index (χ1n) is 30.4. The molecule has 0 radical (unpaired) electrons. The highest BCUT2D eigenvalue weighted by atomic mass is 16.3. The van der Waals surface area contributed by atoms with Gasteiger partial charge < -0.3 is 23.5 Å². The van der Waals surface area contributed by atoms with Gasteiger partial charge in [-0.25, -0.2) is 0 Å². The van der Waals surface area contributed by atoms with Gasteiger partial charge in [-0.3, -0.25) is 0 Å². The molecule has 4 heterocycles. The quantitative estimate of drug-likeness (QED) is 0.117. The Morgan fingerprint density at radius 3 is 1.70 bits per heavy atom. The Balaban J connectivity index is 1.15. The van der Waals surface area contributed by atoms with Crippen molar-refractivity contribution in [1.29, 1.82) is 0 Å². The van der Waals surface area contributed by atoms with Crippen LogP contribution in [0, 0.1) is 0 Å². The summed E-state index contributed by atoms with van der Waals surface area (Å²) in [4.78, 5) is 7.63. The van der Waals surface area contributed by atoms with E-state index in [-0.39, 0.29) is 39.2 Å². The third-order valence-corrected chi connectivity index (χ3v) is 20.6. The van der Waals surface area contributed by atoms with Gasteiger partial charge in [-0.05, 0) is 214 Å². The minimum Gasteiger partial charge on any atom is -0.468 e. The number of hydrogen-bond acceptors (Lipinski definition) is 5. The fraction of sp³-hybridized carbons (Fsp3) is 0.342. The van der Waals surface area contributed by atoms with Crippen LogP contribution in [0.2, 0.25) is 0 Å². The zero-order valence-corrected chi connectivity index (χ0v) is 51.0. The van der Waals surface area contributed by atoms with Crippen molar-refractivity contribution in [3.8, 4) is 0 Å². The Morgan fingerprint density at radius 1 is 0.476 bits per heavy atom. The molecular weight excluding hydrogens is 998 g/mol. The summed E-state index contributed by atoms with van der Waals surface area (Å²) in [5, 5.41) is 3.36. The normalized spacial score (nSPS) is 19.2. The van der Waals surface area contributed by atoms with E-state index in [1.807, 2.05) is 0 Å². The Bertz CT molecular complexity index is 4240. The van der Waals surface area contributed by atoms with Gasteiger partial charge in [-0.2, -0.15) is 0 Å². The van der Waals surface area contributed by atoms with Gasteiger partial charge in [0, 0.05) is 62.0 Å². The minimum atomic E-state index is -0.243. The number of fused-ring (bicyclic) bond motifs is 12. The maximum absolute atomic E-state index is 7.80. The van der Waals surface area contributed by atoms with Gasteiger partial charge in [0.15, 0.2) is 0 Å². The third kappa shape index (κ3) is 7.85. The number of hydrogen-bond donors (Lipinski definition) is 0. The molecule has 0 bridgehead atoms. The Labute approximate surface area is 487 Å². The second-order valence-corrected chi connectivity index (χ2v) is 29.2. The minimum absolute atomic E-state index is 0.00693. The summed E-state index contributed by atoms with van der Waals surface area (Å²) in [6.45, 7) is 38.2. The first-order chi connectivity index (χ1) is 38.9. The summed E-state index contributed by atoms with van der Waals surface area (Å²) in [5.41, 5.74) is 25.7. The summed E-state index contributed by atoms with van der Waals surface area (Å²) >= 11 is 0. The smallest absolute Gasteiger partial charge is 0.297 e. The first kappa shape index (κ1) is 52.6. The van der Waals surface area contributed by atoms with E-state index in [4.69, 9.17) is 8.83 Å². The van der Waals surface area contributed by atoms with Crippen LogP contribution in [0.5, 0.6) is 0 Å². The molecule has 0 atom stereocenters. The monoisotopic (exact) mass is 1080 g/mol. The van der Waals surface area contributed by atoms with E-state index in [0.29, 0.717) is 0 Å². The predicted octanol–water partition coefficient (Wildman–Crippen LogP) is 19.6. The fourth-order valence-corrected chi connectivity index (χ4v) is 15.3. The molecule has 6 heteroatoms. The van der Waals surface area contributed by atoms with E-state index in [2.05, 4.69) is 264 Å². The zero-order chi connectivity index (χ0) is 57.4. The van der Waals surface area contributed by atoms with Gasteiger partial charge in [0.05, 0.1) is 17.0 Å². The van der Waals surface area contributed by atoms with Crippen LogP contribution in [0.3, 0.4) is 0 Å². The van der Waals surface area contributed by atoms with Crippen molar-refractivity contribution in [3.05, 3.63) is 197 Å². The number of rotatable bonds is 7. The number of allylic oxidation sites excluding steroid dienone is 4. The molecule has 5 nitrogen and oxygen atoms in total. The van der Waals surface area contributed by atoms with Crippen LogP contribution in [-0.2, 0) is 32.5 Å². The van der Waals surface area contributed by atoms with Crippen molar-refractivity contribution in [1.82, 2.24) is 0 Å². The van der Waals surface area contributed by atoms with Crippen molar-refractivity contribution in [2.45, 2.75) is 168 Å². The third-order valence-electron chi connectivity index (χ3n) is 20.6. The molecule has 0 N–H and O–H groups in total. The highest BCUT2D eigenvalue weighted by molar-refractivity contribution is 7.00. The molecule has 5 aliphatic rings. The highest BCUT2D eigenvalue weighted by Crippen LogP contribution is 2.56. The summed E-state index contributed by atoms with van der Waals surface area (Å²) < 4.78 is 14.5. The fourth-order valence-electron chi connectivity index (χ4n) is 15.3. The van der Waals surface area contributed by atoms with Crippen LogP contribution in [0.1, 0.15) is 169 Å². The summed E-state index contributed by atoms with van der Waals surface area (Å²) in [6, 6.07) is 48.7. The summed E-state index contributed by atoms with van der Waals surface area (Å²) in [7, 11) is 0. The molecule has 414 valence electrons. The number of para-hydroxylation sites is 2. The Hall–Kier alpha value is -7.44. The summed E-state index contributed by atoms with van der Waals surface area (Å²) in [6.07, 6.45) is 13.3. The van der Waals surface area contributed by atoms with Crippen molar-refractivity contribution in [3.63, 3.8) is 0 Å². The molecule has 0 amide bonds. The van der Waals surface area contributed by atoms with Crippen molar-refractivity contribution in [2.24, 2.45) is 0 Å². The van der Waals surface area contributed by atoms with Gasteiger partial charge in [-0.15, -0.1) is 0 Å². The zero-order valence-electron chi connectivity index (χ0n) is 51.0. The lowest BCUT2D eigenvalue weighted by atomic mass is 9.35. The maximum Gasteiger partial charge on any atom is 0.297 e. The topological polar surface area (TPSA) is 36.0 Å². The average molecular weight is 1080 g/mol. The van der Waals surface area contributed by atoms with Crippen LogP contribution in [0.15, 0.2) is 172 Å². The van der Waals surface area contributed by atoms with E-state index in [1.54, 1.807) is 0 Å². The van der Waals surface area contributed by atoms with Gasteiger partial charge in [0.2, 0.25) is 0 Å². The molecule has 2 aromatic heterocycles. The lowest BCUT2D eigenvalue weighted by Gasteiger charge is -2.47. The maximum atomic E-state index is 7.80. The van der Waals surface area contributed by atoms with E-state index in [0.717, 1.165) is 117 Å². The van der Waals surface area contributed by atoms with Gasteiger partial charge in [0.1, 0.15) is 16.7 Å². The molecule has 0 fully saturated rings. The lowest BCUT2D eigenvalue weighted by Crippen LogP contribution is -2.61. The van der Waals surface area contributed by atoms with Gasteiger partial charge in [-0.1, -0.05) is 150 Å². The second-order valence-electron chi connectivity index (χ2n) is 29.2. The number of anilines is 8. The van der Waals surface area contributed by atoms with Crippen LogP contribution in [0.4, 0.5) is 45.5 Å². The van der Waals surface area contributed by atoms with Gasteiger partial charge in [0.25, 0.3) is 6.71 Å². The molecule has 0 unspecified atom stereocenters. The van der Waals surface area contributed by atoms with E-state index >= 15 is 0 Å². The van der Waals surface area contributed by atoms with Crippen LogP contribution < -0.4 is 31.3 Å². The molecular formula is C76H80BN3O2. The standard InChI is InChI=1S/C76H80BN3O2/c1-16-47(27-26-46(2)3)80-64-40-51(78(48-22-18-17-19-23-48)50-28-30-53-52-24-20-21-25-65(52)81-66(53)41-50)39-63-68(64)77(70-69(80)54-42-57-60(45-67(54)82-70)76(14,15)37-34-73(57,8)9)61-43-58-59(75(12,13)36-35-74(58,10)11)44-62(61)79(63)49-29-31-55-56(38-49)72(6,7)33-32-71(55,4)5/h16-31,38-45H,1,32-37H2,2-15H3/b47-27+. The van der Waals surface area contributed by atoms with Crippen LogP contribution >= 0.6 is 0 Å². The molecule has 3 aliphatic carbocycles. The summed E-state index contributed by atoms with van der Waals surface area (Å²) in [5.74, 6) is 0. The molecule has 0 saturated carbocycles. The molecule has 82 heavy (non-hydrogen) atoms. The molecule has 0 spiro atoms. The molecule has 9 aromatic rings. The molecule has 2 aliphatic heterocycles. The molecule has 0 saturated heterocycles.